The van der Waals surface area contributed by atoms with E-state index in [-0.39, 0.29) is 0 Å². The summed E-state index contributed by atoms with van der Waals surface area (Å²) in [6, 6.07) is 29.8. The Hall–Kier alpha value is -3.32. The molecule has 0 bridgehead atoms. The zero-order valence-corrected chi connectivity index (χ0v) is 15.5. The first-order valence-corrected chi connectivity index (χ1v) is 9.29. The van der Waals surface area contributed by atoms with Gasteiger partial charge in [-0.1, -0.05) is 84.4 Å². The van der Waals surface area contributed by atoms with E-state index in [9.17, 15) is 0 Å². The quantitative estimate of drug-likeness (QED) is 0.322. The lowest BCUT2D eigenvalue weighted by atomic mass is 10.0. The van der Waals surface area contributed by atoms with Crippen molar-refractivity contribution in [1.82, 2.24) is 0 Å². The molecule has 3 aromatic carbocycles. The fourth-order valence-corrected chi connectivity index (χ4v) is 3.94. The highest BCUT2D eigenvalue weighted by Gasteiger charge is 2.24. The molecular weight excluding hydrogens is 328 g/mol. The lowest BCUT2D eigenvalue weighted by Gasteiger charge is -2.11. The Balaban J connectivity index is 1.87. The molecule has 2 aliphatic rings. The third-order valence-electron chi connectivity index (χ3n) is 5.27. The first-order chi connectivity index (χ1) is 13.2. The molecule has 1 heterocycles. The molecule has 0 radical (unpaired) electrons. The van der Waals surface area contributed by atoms with Gasteiger partial charge in [0.05, 0.1) is 0 Å². The van der Waals surface area contributed by atoms with Gasteiger partial charge in [0.25, 0.3) is 0 Å². The number of fused-ring (bicyclic) bond motifs is 3. The van der Waals surface area contributed by atoms with Gasteiger partial charge in [0, 0.05) is 16.7 Å². The third-order valence-corrected chi connectivity index (χ3v) is 5.27. The largest absolute Gasteiger partial charge is 0.455 e. The van der Waals surface area contributed by atoms with Crippen molar-refractivity contribution in [2.75, 3.05) is 0 Å². The third kappa shape index (κ3) is 2.55. The summed E-state index contributed by atoms with van der Waals surface area (Å²) in [6.07, 6.45) is 0. The van der Waals surface area contributed by atoms with Crippen LogP contribution in [0.3, 0.4) is 0 Å². The molecule has 1 aliphatic heterocycles. The molecule has 0 N–H and O–H groups in total. The van der Waals surface area contributed by atoms with Crippen molar-refractivity contribution in [3.63, 3.8) is 0 Å². The maximum absolute atomic E-state index is 6.54. The molecular formula is C26H20O. The summed E-state index contributed by atoms with van der Waals surface area (Å²) in [5, 5.41) is 2.50. The van der Waals surface area contributed by atoms with Crippen LogP contribution in [-0.2, 0) is 0 Å². The average molecular weight is 348 g/mol. The maximum Gasteiger partial charge on any atom is 0.144 e. The summed E-state index contributed by atoms with van der Waals surface area (Å²) in [4.78, 5) is 0. The van der Waals surface area contributed by atoms with E-state index in [1.54, 1.807) is 0 Å². The van der Waals surface area contributed by atoms with Gasteiger partial charge in [-0.05, 0) is 41.8 Å². The van der Waals surface area contributed by atoms with Gasteiger partial charge in [-0.2, -0.15) is 0 Å². The minimum atomic E-state index is 0.910. The minimum Gasteiger partial charge on any atom is -0.455 e. The molecule has 130 valence electrons. The van der Waals surface area contributed by atoms with Crippen molar-refractivity contribution in [1.29, 1.82) is 0 Å². The molecule has 5 rings (SSSR count). The van der Waals surface area contributed by atoms with Crippen LogP contribution in [0.25, 0.3) is 44.5 Å². The highest BCUT2D eigenvalue weighted by molar-refractivity contribution is 6.14. The van der Waals surface area contributed by atoms with Crippen LogP contribution in [0, 0.1) is 13.8 Å². The van der Waals surface area contributed by atoms with Gasteiger partial charge >= 0.3 is 0 Å². The Morgan fingerprint density at radius 2 is 1.22 bits per heavy atom. The molecule has 0 atom stereocenters. The Bertz CT molecular complexity index is 1210. The highest BCUT2D eigenvalue weighted by Crippen LogP contribution is 2.47. The lowest BCUT2D eigenvalue weighted by Crippen LogP contribution is -1.88. The van der Waals surface area contributed by atoms with Crippen LogP contribution in [0.1, 0.15) is 11.1 Å². The molecule has 0 saturated heterocycles. The monoisotopic (exact) mass is 348 g/mol. The van der Waals surface area contributed by atoms with Crippen molar-refractivity contribution in [3.8, 4) is 33.8 Å². The minimum absolute atomic E-state index is 0.910. The summed E-state index contributed by atoms with van der Waals surface area (Å²) < 4.78 is 6.54. The summed E-state index contributed by atoms with van der Waals surface area (Å²) >= 11 is 0. The van der Waals surface area contributed by atoms with Gasteiger partial charge in [-0.3, -0.25) is 0 Å². The maximum atomic E-state index is 6.54. The average Bonchev–Trinajstić information content (AvgIpc) is 3.04. The van der Waals surface area contributed by atoms with Crippen molar-refractivity contribution >= 4 is 10.8 Å². The van der Waals surface area contributed by atoms with Crippen LogP contribution in [0.4, 0.5) is 0 Å². The number of aryl methyl sites for hydroxylation is 2. The van der Waals surface area contributed by atoms with Crippen LogP contribution in [0.2, 0.25) is 0 Å². The lowest BCUT2D eigenvalue weighted by molar-refractivity contribution is 0.583. The van der Waals surface area contributed by atoms with Crippen molar-refractivity contribution < 1.29 is 4.42 Å². The molecule has 27 heavy (non-hydrogen) atoms. The first-order valence-electron chi connectivity index (χ1n) is 9.29. The Kier molecular flexibility index (Phi) is 3.61. The van der Waals surface area contributed by atoms with Crippen LogP contribution >= 0.6 is 0 Å². The van der Waals surface area contributed by atoms with Gasteiger partial charge in [0.1, 0.15) is 11.5 Å². The zero-order valence-electron chi connectivity index (χ0n) is 15.5. The molecule has 0 saturated carbocycles. The topological polar surface area (TPSA) is 13.1 Å². The zero-order chi connectivity index (χ0) is 18.4. The highest BCUT2D eigenvalue weighted by atomic mass is 16.3. The summed E-state index contributed by atoms with van der Waals surface area (Å²) in [5.41, 5.74) is 7.17. The van der Waals surface area contributed by atoms with Gasteiger partial charge in [-0.25, -0.2) is 0 Å². The van der Waals surface area contributed by atoms with Crippen LogP contribution in [-0.4, -0.2) is 0 Å². The van der Waals surface area contributed by atoms with Crippen molar-refractivity contribution in [3.05, 3.63) is 96.1 Å². The molecule has 1 aliphatic carbocycles. The molecule has 3 aromatic rings. The molecule has 1 heteroatoms. The second kappa shape index (κ2) is 6.14. The van der Waals surface area contributed by atoms with E-state index >= 15 is 0 Å². The Morgan fingerprint density at radius 1 is 0.593 bits per heavy atom. The van der Waals surface area contributed by atoms with E-state index in [0.29, 0.717) is 0 Å². The SMILES string of the molecule is Cc1ccc(-c2cc(C)c3c4ccccc4c(-c4ccccc4)c-3o2)cc1. The number of hydrogen-bond donors (Lipinski definition) is 0. The first kappa shape index (κ1) is 15.9. The molecule has 0 unspecified atom stereocenters. The van der Waals surface area contributed by atoms with Gasteiger partial charge in [0.2, 0.25) is 0 Å². The van der Waals surface area contributed by atoms with Crippen LogP contribution in [0.15, 0.2) is 89.3 Å². The fourth-order valence-electron chi connectivity index (χ4n) is 3.94. The summed E-state index contributed by atoms with van der Waals surface area (Å²) in [6.45, 7) is 4.28. The Morgan fingerprint density at radius 3 is 1.93 bits per heavy atom. The van der Waals surface area contributed by atoms with E-state index in [4.69, 9.17) is 4.42 Å². The molecule has 0 fully saturated rings. The normalized spacial score (nSPS) is 11.3. The standard InChI is InChI=1S/C26H20O/c1-17-12-14-19(15-13-17)23-16-18(2)24-21-10-6-7-11-22(21)25(26(24)27-23)20-8-4-3-5-9-20/h3-16H,1-2H3. The predicted octanol–water partition coefficient (Wildman–Crippen LogP) is 7.49. The second-order valence-electron chi connectivity index (χ2n) is 7.15. The number of benzene rings is 3. The van der Waals surface area contributed by atoms with E-state index in [1.165, 1.54) is 38.6 Å². The molecule has 0 spiro atoms. The van der Waals surface area contributed by atoms with Gasteiger partial charge in [-0.15, -0.1) is 0 Å². The van der Waals surface area contributed by atoms with Crippen LogP contribution in [0.5, 0.6) is 0 Å². The molecule has 0 aromatic heterocycles. The summed E-state index contributed by atoms with van der Waals surface area (Å²) in [7, 11) is 0. The smallest absolute Gasteiger partial charge is 0.144 e. The van der Waals surface area contributed by atoms with E-state index < -0.39 is 0 Å². The number of rotatable bonds is 2. The summed E-state index contributed by atoms with van der Waals surface area (Å²) in [5.74, 6) is 1.88. The van der Waals surface area contributed by atoms with Gasteiger partial charge < -0.3 is 4.42 Å². The van der Waals surface area contributed by atoms with E-state index in [0.717, 1.165) is 17.1 Å². The van der Waals surface area contributed by atoms with E-state index in [2.05, 4.69) is 98.8 Å². The van der Waals surface area contributed by atoms with Crippen molar-refractivity contribution in [2.45, 2.75) is 13.8 Å². The fraction of sp³-hybridized carbons (Fsp3) is 0.0769. The second-order valence-corrected chi connectivity index (χ2v) is 7.15. The Labute approximate surface area is 159 Å². The molecule has 0 amide bonds. The predicted molar refractivity (Wildman–Crippen MR) is 113 cm³/mol. The van der Waals surface area contributed by atoms with Gasteiger partial charge in [0.15, 0.2) is 0 Å². The number of hydrogen-bond acceptors (Lipinski definition) is 1. The molecule has 1 nitrogen and oxygen atoms in total. The van der Waals surface area contributed by atoms with Crippen molar-refractivity contribution in [2.24, 2.45) is 0 Å². The van der Waals surface area contributed by atoms with E-state index in [1.807, 2.05) is 0 Å². The van der Waals surface area contributed by atoms with Crippen LogP contribution < -0.4 is 0 Å².